The molecule has 2 aliphatic rings. The molecule has 1 saturated heterocycles. The molecule has 0 saturated carbocycles. The van der Waals surface area contributed by atoms with Crippen LogP contribution in [0.3, 0.4) is 0 Å². The zero-order valence-corrected chi connectivity index (χ0v) is 17.3. The lowest BCUT2D eigenvalue weighted by Gasteiger charge is -2.26. The van der Waals surface area contributed by atoms with E-state index >= 15 is 0 Å². The molecule has 2 aromatic carbocycles. The van der Waals surface area contributed by atoms with E-state index in [1.54, 1.807) is 12.1 Å². The summed E-state index contributed by atoms with van der Waals surface area (Å²) < 4.78 is 22.8. The summed E-state index contributed by atoms with van der Waals surface area (Å²) in [6, 6.07) is 8.48. The highest BCUT2D eigenvalue weighted by Gasteiger charge is 2.61. The molecule has 3 heterocycles. The number of aliphatic hydroxyl groups excluding tert-OH is 2. The number of ether oxygens (including phenoxy) is 3. The molecule has 10 nitrogen and oxygen atoms in total. The molecule has 4 N–H and O–H groups in total. The second kappa shape index (κ2) is 7.48. The Labute approximate surface area is 186 Å². The Morgan fingerprint density at radius 3 is 2.61 bits per heavy atom. The van der Waals surface area contributed by atoms with E-state index in [1.807, 2.05) is 0 Å². The van der Waals surface area contributed by atoms with Crippen molar-refractivity contribution in [1.82, 2.24) is 0 Å². The van der Waals surface area contributed by atoms with Crippen LogP contribution in [-0.2, 0) is 20.7 Å². The minimum Gasteiger partial charge on any atom is -0.508 e. The molecule has 172 valence electrons. The summed E-state index contributed by atoms with van der Waals surface area (Å²) in [5, 5.41) is 40.5. The van der Waals surface area contributed by atoms with Gasteiger partial charge in [-0.05, 0) is 24.3 Å². The maximum atomic E-state index is 12.8. The van der Waals surface area contributed by atoms with E-state index in [9.17, 15) is 30.0 Å². The van der Waals surface area contributed by atoms with Gasteiger partial charge >= 0.3 is 5.97 Å². The molecule has 4 unspecified atom stereocenters. The summed E-state index contributed by atoms with van der Waals surface area (Å²) >= 11 is 0. The molecule has 1 aromatic heterocycles. The molecule has 33 heavy (non-hydrogen) atoms. The molecule has 5 rings (SSSR count). The van der Waals surface area contributed by atoms with Crippen molar-refractivity contribution in [3.05, 3.63) is 52.2 Å². The molecule has 0 radical (unpaired) electrons. The third-order valence-corrected chi connectivity index (χ3v) is 5.86. The van der Waals surface area contributed by atoms with Gasteiger partial charge in [0.15, 0.2) is 17.6 Å². The predicted octanol–water partition coefficient (Wildman–Crippen LogP) is 1.19. The molecule has 1 spiro atoms. The first-order valence-corrected chi connectivity index (χ1v) is 10.2. The van der Waals surface area contributed by atoms with Gasteiger partial charge in [-0.2, -0.15) is 0 Å². The molecule has 3 aromatic rings. The van der Waals surface area contributed by atoms with Gasteiger partial charge in [-0.1, -0.05) is 0 Å². The number of aromatic hydroxyl groups is 2. The third kappa shape index (κ3) is 3.30. The fourth-order valence-electron chi connectivity index (χ4n) is 4.39. The third-order valence-electron chi connectivity index (χ3n) is 5.86. The lowest BCUT2D eigenvalue weighted by Crippen LogP contribution is -2.48. The smallest absolute Gasteiger partial charge is 0.303 e. The van der Waals surface area contributed by atoms with Crippen molar-refractivity contribution in [3.63, 3.8) is 0 Å². The zero-order valence-electron chi connectivity index (χ0n) is 17.3. The van der Waals surface area contributed by atoms with Crippen molar-refractivity contribution in [1.29, 1.82) is 0 Å². The van der Waals surface area contributed by atoms with E-state index in [4.69, 9.17) is 18.6 Å². The minimum atomic E-state index is -1.72. The van der Waals surface area contributed by atoms with Gasteiger partial charge in [0.1, 0.15) is 40.1 Å². The van der Waals surface area contributed by atoms with Crippen LogP contribution in [0.1, 0.15) is 12.5 Å². The number of rotatable bonds is 3. The monoisotopic (exact) mass is 456 g/mol. The number of hydrogen-bond acceptors (Lipinski definition) is 10. The fourth-order valence-corrected chi connectivity index (χ4v) is 4.39. The molecule has 0 aliphatic carbocycles. The molecule has 0 bridgehead atoms. The largest absolute Gasteiger partial charge is 0.508 e. The number of fused-ring (bicyclic) bond motifs is 3. The van der Waals surface area contributed by atoms with Crippen molar-refractivity contribution in [3.8, 4) is 28.6 Å². The van der Waals surface area contributed by atoms with Gasteiger partial charge in [0.2, 0.25) is 5.79 Å². The highest BCUT2D eigenvalue weighted by atomic mass is 16.7. The maximum absolute atomic E-state index is 12.8. The van der Waals surface area contributed by atoms with Crippen LogP contribution in [0.5, 0.6) is 17.2 Å². The Balaban J connectivity index is 1.62. The SMILES string of the molecule is CC(=O)OC1C(CO)OC2(Cc3c(cc(O)c4c(=O)cc(-c5ccc(O)cc5)oc34)O2)C1O. The zero-order chi connectivity index (χ0) is 23.5. The minimum absolute atomic E-state index is 0.0453. The number of hydrogen-bond donors (Lipinski definition) is 4. The summed E-state index contributed by atoms with van der Waals surface area (Å²) in [5.74, 6) is -2.41. The van der Waals surface area contributed by atoms with Gasteiger partial charge in [0, 0.05) is 36.6 Å². The number of aliphatic hydroxyl groups is 2. The first-order chi connectivity index (χ1) is 15.7. The molecule has 10 heteroatoms. The average molecular weight is 456 g/mol. The Bertz CT molecular complexity index is 1310. The summed E-state index contributed by atoms with van der Waals surface area (Å²) in [7, 11) is 0. The van der Waals surface area contributed by atoms with Crippen LogP contribution in [0.15, 0.2) is 45.6 Å². The van der Waals surface area contributed by atoms with Crippen LogP contribution in [0, 0.1) is 0 Å². The second-order valence-corrected chi connectivity index (χ2v) is 8.05. The topological polar surface area (TPSA) is 156 Å². The average Bonchev–Trinajstić information content (AvgIpc) is 3.26. The summed E-state index contributed by atoms with van der Waals surface area (Å²) in [6.45, 7) is 0.629. The number of phenols is 2. The number of phenolic OH excluding ortho intramolecular Hbond substituents is 2. The Hall–Kier alpha value is -3.60. The van der Waals surface area contributed by atoms with Crippen molar-refractivity contribution < 1.29 is 43.8 Å². The van der Waals surface area contributed by atoms with Crippen LogP contribution in [0.2, 0.25) is 0 Å². The highest BCUT2D eigenvalue weighted by Crippen LogP contribution is 2.48. The second-order valence-electron chi connectivity index (χ2n) is 8.05. The Morgan fingerprint density at radius 2 is 1.94 bits per heavy atom. The number of carbonyl (C=O) groups is 1. The molecule has 0 amide bonds. The van der Waals surface area contributed by atoms with Crippen molar-refractivity contribution in [2.75, 3.05) is 6.61 Å². The standard InChI is InChI=1S/C23H20O10/c1-10(25)30-21-18(9-24)33-23(22(21)29)8-13-17(32-23)7-15(28)19-14(27)6-16(31-20(13)19)11-2-4-12(26)5-3-11/h2-7,18,21-22,24,26,28-29H,8-9H2,1H3. The van der Waals surface area contributed by atoms with Crippen LogP contribution in [0.4, 0.5) is 0 Å². The van der Waals surface area contributed by atoms with Gasteiger partial charge in [0.05, 0.1) is 6.61 Å². The highest BCUT2D eigenvalue weighted by molar-refractivity contribution is 5.90. The summed E-state index contributed by atoms with van der Waals surface area (Å²) in [4.78, 5) is 24.3. The Kier molecular flexibility index (Phi) is 4.82. The number of esters is 1. The molecule has 2 aliphatic heterocycles. The molecular formula is C23H20O10. The summed E-state index contributed by atoms with van der Waals surface area (Å²) in [5.41, 5.74) is 0.425. The van der Waals surface area contributed by atoms with E-state index in [2.05, 4.69) is 0 Å². The predicted molar refractivity (Wildman–Crippen MR) is 112 cm³/mol. The van der Waals surface area contributed by atoms with Crippen molar-refractivity contribution in [2.45, 2.75) is 37.4 Å². The van der Waals surface area contributed by atoms with Crippen molar-refractivity contribution in [2.24, 2.45) is 0 Å². The lowest BCUT2D eigenvalue weighted by atomic mass is 9.98. The van der Waals surface area contributed by atoms with Crippen LogP contribution >= 0.6 is 0 Å². The van der Waals surface area contributed by atoms with E-state index in [1.165, 1.54) is 31.2 Å². The van der Waals surface area contributed by atoms with Gasteiger partial charge in [-0.25, -0.2) is 0 Å². The molecule has 1 fully saturated rings. The Morgan fingerprint density at radius 1 is 1.21 bits per heavy atom. The maximum Gasteiger partial charge on any atom is 0.303 e. The fraction of sp³-hybridized carbons (Fsp3) is 0.304. The van der Waals surface area contributed by atoms with Gasteiger partial charge in [-0.3, -0.25) is 9.59 Å². The first kappa shape index (κ1) is 21.3. The molecular weight excluding hydrogens is 436 g/mol. The van der Waals surface area contributed by atoms with Gasteiger partial charge in [0.25, 0.3) is 0 Å². The van der Waals surface area contributed by atoms with Crippen LogP contribution < -0.4 is 10.2 Å². The van der Waals surface area contributed by atoms with E-state index in [0.29, 0.717) is 11.1 Å². The van der Waals surface area contributed by atoms with Gasteiger partial charge < -0.3 is 39.1 Å². The van der Waals surface area contributed by atoms with Crippen molar-refractivity contribution >= 4 is 16.9 Å². The van der Waals surface area contributed by atoms with Crippen LogP contribution in [-0.4, -0.2) is 57.1 Å². The lowest BCUT2D eigenvalue weighted by molar-refractivity contribution is -0.200. The van der Waals surface area contributed by atoms with Gasteiger partial charge in [-0.15, -0.1) is 0 Å². The number of carbonyl (C=O) groups excluding carboxylic acids is 1. The summed E-state index contributed by atoms with van der Waals surface area (Å²) in [6.07, 6.45) is -3.79. The van der Waals surface area contributed by atoms with E-state index in [-0.39, 0.29) is 40.4 Å². The van der Waals surface area contributed by atoms with E-state index < -0.39 is 42.1 Å². The normalized spacial score (nSPS) is 25.8. The van der Waals surface area contributed by atoms with E-state index in [0.717, 1.165) is 0 Å². The molecule has 4 atom stereocenters. The first-order valence-electron chi connectivity index (χ1n) is 10.2. The number of benzene rings is 2. The quantitative estimate of drug-likeness (QED) is 0.422. The van der Waals surface area contributed by atoms with Crippen LogP contribution in [0.25, 0.3) is 22.3 Å².